The molecule has 1 saturated heterocycles. The lowest BCUT2D eigenvalue weighted by atomic mass is 10.1. The van der Waals surface area contributed by atoms with Crippen molar-refractivity contribution >= 4 is 78.1 Å². The molecule has 0 unspecified atom stereocenters. The summed E-state index contributed by atoms with van der Waals surface area (Å²) in [5.41, 5.74) is -1.60. The number of alkyl halides is 3. The van der Waals surface area contributed by atoms with Crippen molar-refractivity contribution in [2.45, 2.75) is 6.18 Å². The highest BCUT2D eigenvalue weighted by Gasteiger charge is 2.35. The number of imide groups is 1. The van der Waals surface area contributed by atoms with Crippen LogP contribution in [0.3, 0.4) is 0 Å². The predicted molar refractivity (Wildman–Crippen MR) is 150 cm³/mol. The van der Waals surface area contributed by atoms with Crippen LogP contribution < -0.4 is 9.47 Å². The lowest BCUT2D eigenvalue weighted by Gasteiger charge is -2.14. The highest BCUT2D eigenvalue weighted by atomic mass is 79.9. The number of benzene rings is 3. The molecule has 4 rings (SSSR count). The quantitative estimate of drug-likeness (QED) is 0.130. The number of hydrogen-bond acceptors (Lipinski definition) is 7. The summed E-state index contributed by atoms with van der Waals surface area (Å²) in [5.74, 6) is -0.465. The van der Waals surface area contributed by atoms with Crippen LogP contribution in [-0.4, -0.2) is 34.1 Å². The van der Waals surface area contributed by atoms with E-state index < -0.39 is 39.2 Å². The lowest BCUT2D eigenvalue weighted by Crippen LogP contribution is -2.32. The first-order valence-corrected chi connectivity index (χ1v) is 13.8. The van der Waals surface area contributed by atoms with Gasteiger partial charge in [-0.05, 0) is 91.7 Å². The average molecular weight is 723 g/mol. The van der Waals surface area contributed by atoms with Crippen molar-refractivity contribution in [1.29, 1.82) is 0 Å². The standard InChI is InChI=1S/C25H14Br2ClF3N2O6S/c26-15-9-13(10-16(27)22(15)39-20-6-5-14(25(29,30)31)12-18(20)33(36)37)11-21-23(34)32(24(35)40-21)7-8-38-19-4-2-1-3-17(19)28/h1-6,9-12H,7-8H2/b21-11-. The van der Waals surface area contributed by atoms with Crippen molar-refractivity contribution in [2.24, 2.45) is 0 Å². The summed E-state index contributed by atoms with van der Waals surface area (Å²) in [6, 6.07) is 11.8. The molecule has 0 radical (unpaired) electrons. The molecule has 3 aromatic carbocycles. The van der Waals surface area contributed by atoms with Gasteiger partial charge in [0.05, 0.1) is 35.9 Å². The van der Waals surface area contributed by atoms with E-state index in [2.05, 4.69) is 31.9 Å². The van der Waals surface area contributed by atoms with Gasteiger partial charge in [0.15, 0.2) is 5.75 Å². The summed E-state index contributed by atoms with van der Waals surface area (Å²) in [7, 11) is 0. The van der Waals surface area contributed by atoms with Gasteiger partial charge in [-0.2, -0.15) is 13.2 Å². The van der Waals surface area contributed by atoms with Gasteiger partial charge in [0.1, 0.15) is 12.4 Å². The Morgan fingerprint density at radius 3 is 2.35 bits per heavy atom. The molecule has 208 valence electrons. The first-order chi connectivity index (χ1) is 18.8. The van der Waals surface area contributed by atoms with E-state index in [0.717, 1.165) is 22.7 Å². The minimum atomic E-state index is -4.77. The van der Waals surface area contributed by atoms with Crippen LogP contribution in [0.4, 0.5) is 23.7 Å². The number of rotatable bonds is 8. The molecule has 0 bridgehead atoms. The topological polar surface area (TPSA) is 99.0 Å². The van der Waals surface area contributed by atoms with Crippen molar-refractivity contribution in [3.63, 3.8) is 0 Å². The van der Waals surface area contributed by atoms with Crippen LogP contribution in [0.25, 0.3) is 6.08 Å². The number of nitro groups is 1. The molecule has 8 nitrogen and oxygen atoms in total. The van der Waals surface area contributed by atoms with Gasteiger partial charge >= 0.3 is 11.9 Å². The third-order valence-corrected chi connectivity index (χ3v) is 7.69. The maximum Gasteiger partial charge on any atom is 0.416 e. The maximum absolute atomic E-state index is 13.0. The first kappa shape index (κ1) is 29.9. The van der Waals surface area contributed by atoms with E-state index in [1.807, 2.05) is 0 Å². The maximum atomic E-state index is 13.0. The molecule has 40 heavy (non-hydrogen) atoms. The number of hydrogen-bond donors (Lipinski definition) is 0. The molecule has 1 aliphatic rings. The Hall–Kier alpha value is -3.07. The van der Waals surface area contributed by atoms with Crippen molar-refractivity contribution in [3.05, 3.63) is 94.7 Å². The molecule has 15 heteroatoms. The summed E-state index contributed by atoms with van der Waals surface area (Å²) in [6.45, 7) is 0.0353. The zero-order chi connectivity index (χ0) is 29.2. The Morgan fingerprint density at radius 2 is 1.73 bits per heavy atom. The first-order valence-electron chi connectivity index (χ1n) is 11.0. The van der Waals surface area contributed by atoms with Gasteiger partial charge in [-0.15, -0.1) is 0 Å². The van der Waals surface area contributed by atoms with Crippen LogP contribution >= 0.6 is 55.2 Å². The monoisotopic (exact) mass is 720 g/mol. The van der Waals surface area contributed by atoms with Crippen LogP contribution in [0, 0.1) is 10.1 Å². The normalized spacial score (nSPS) is 14.7. The van der Waals surface area contributed by atoms with Gasteiger partial charge in [0, 0.05) is 6.07 Å². The van der Waals surface area contributed by atoms with Crippen molar-refractivity contribution in [1.82, 2.24) is 4.90 Å². The third kappa shape index (κ3) is 6.79. The molecule has 0 spiro atoms. The van der Waals surface area contributed by atoms with E-state index in [-0.39, 0.29) is 32.8 Å². The van der Waals surface area contributed by atoms with E-state index in [4.69, 9.17) is 21.1 Å². The van der Waals surface area contributed by atoms with E-state index in [0.29, 0.717) is 28.5 Å². The minimum Gasteiger partial charge on any atom is -0.490 e. The molecular weight excluding hydrogens is 709 g/mol. The Labute approximate surface area is 250 Å². The van der Waals surface area contributed by atoms with Crippen LogP contribution in [0.5, 0.6) is 17.2 Å². The second kappa shape index (κ2) is 12.2. The van der Waals surface area contributed by atoms with Crippen molar-refractivity contribution < 1.29 is 37.2 Å². The van der Waals surface area contributed by atoms with Gasteiger partial charge in [-0.25, -0.2) is 0 Å². The fourth-order valence-electron chi connectivity index (χ4n) is 3.45. The molecule has 0 aliphatic carbocycles. The third-order valence-electron chi connectivity index (χ3n) is 5.30. The van der Waals surface area contributed by atoms with Crippen LogP contribution in [0.15, 0.2) is 68.4 Å². The molecule has 1 fully saturated rings. The number of carbonyl (C=O) groups excluding carboxylic acids is 2. The minimum absolute atomic E-state index is 0.000690. The van der Waals surface area contributed by atoms with Crippen LogP contribution in [0.2, 0.25) is 5.02 Å². The second-order valence-electron chi connectivity index (χ2n) is 7.97. The van der Waals surface area contributed by atoms with Gasteiger partial charge in [0.25, 0.3) is 11.1 Å². The SMILES string of the molecule is O=C1S/C(=C\c2cc(Br)c(Oc3ccc(C(F)(F)F)cc3[N+](=O)[O-])c(Br)c2)C(=O)N1CCOc1ccccc1Cl. The number of amides is 2. The fourth-order valence-corrected chi connectivity index (χ4v) is 5.88. The fraction of sp³-hybridized carbons (Fsp3) is 0.120. The number of carbonyl (C=O) groups is 2. The highest BCUT2D eigenvalue weighted by molar-refractivity contribution is 9.11. The summed E-state index contributed by atoms with van der Waals surface area (Å²) in [4.78, 5) is 36.9. The van der Waals surface area contributed by atoms with Crippen LogP contribution in [-0.2, 0) is 11.0 Å². The van der Waals surface area contributed by atoms with Gasteiger partial charge in [-0.3, -0.25) is 24.6 Å². The van der Waals surface area contributed by atoms with Gasteiger partial charge in [0.2, 0.25) is 5.75 Å². The summed E-state index contributed by atoms with van der Waals surface area (Å²) in [5, 5.41) is 11.3. The average Bonchev–Trinajstić information content (AvgIpc) is 3.14. The smallest absolute Gasteiger partial charge is 0.416 e. The van der Waals surface area contributed by atoms with E-state index in [1.165, 1.54) is 18.2 Å². The zero-order valence-electron chi connectivity index (χ0n) is 19.7. The molecule has 0 N–H and O–H groups in total. The Bertz CT molecular complexity index is 1530. The van der Waals surface area contributed by atoms with Crippen molar-refractivity contribution in [2.75, 3.05) is 13.2 Å². The van der Waals surface area contributed by atoms with Crippen molar-refractivity contribution in [3.8, 4) is 17.2 Å². The predicted octanol–water partition coefficient (Wildman–Crippen LogP) is 8.70. The molecule has 0 saturated carbocycles. The Morgan fingerprint density at radius 1 is 1.05 bits per heavy atom. The number of halogens is 6. The molecule has 0 atom stereocenters. The van der Waals surface area contributed by atoms with Gasteiger partial charge < -0.3 is 9.47 Å². The number of ether oxygens (including phenoxy) is 2. The number of nitro benzene ring substituents is 1. The zero-order valence-corrected chi connectivity index (χ0v) is 24.5. The number of nitrogens with zero attached hydrogens (tertiary/aromatic N) is 2. The van der Waals surface area contributed by atoms with E-state index in [9.17, 15) is 32.9 Å². The molecule has 2 amide bonds. The largest absolute Gasteiger partial charge is 0.490 e. The lowest BCUT2D eigenvalue weighted by molar-refractivity contribution is -0.385. The van der Waals surface area contributed by atoms with E-state index in [1.54, 1.807) is 24.3 Å². The Kier molecular flexibility index (Phi) is 9.12. The summed E-state index contributed by atoms with van der Waals surface area (Å²) < 4.78 is 50.7. The number of thioether (sulfide) groups is 1. The molecule has 1 heterocycles. The van der Waals surface area contributed by atoms with Crippen LogP contribution in [0.1, 0.15) is 11.1 Å². The molecule has 3 aromatic rings. The van der Waals surface area contributed by atoms with Gasteiger partial charge in [-0.1, -0.05) is 23.7 Å². The highest BCUT2D eigenvalue weighted by Crippen LogP contribution is 2.43. The summed E-state index contributed by atoms with van der Waals surface area (Å²) >= 11 is 13.4. The molecule has 1 aliphatic heterocycles. The molecule has 0 aromatic heterocycles. The van der Waals surface area contributed by atoms with E-state index >= 15 is 0 Å². The number of para-hydroxylation sites is 1. The second-order valence-corrected chi connectivity index (χ2v) is 11.1. The summed E-state index contributed by atoms with van der Waals surface area (Å²) in [6.07, 6.45) is -3.30. The Balaban J connectivity index is 1.50. The molecular formula is C25H14Br2ClF3N2O6S.